The van der Waals surface area contributed by atoms with Gasteiger partial charge < -0.3 is 4.52 Å². The summed E-state index contributed by atoms with van der Waals surface area (Å²) in [6.45, 7) is 6.68. The molecule has 0 unspecified atom stereocenters. The number of nitrogens with zero attached hydrogens (tertiary/aromatic N) is 1. The highest BCUT2D eigenvalue weighted by Gasteiger charge is 2.23. The predicted octanol–water partition coefficient (Wildman–Crippen LogP) is 1.60. The fraction of sp³-hybridized carbons (Fsp3) is 0.438. The molecule has 144 valence electrons. The molecule has 0 spiro atoms. The van der Waals surface area contributed by atoms with Gasteiger partial charge in [0.25, 0.3) is 0 Å². The highest BCUT2D eigenvalue weighted by molar-refractivity contribution is 7.89. The van der Waals surface area contributed by atoms with Crippen molar-refractivity contribution in [2.75, 3.05) is 0 Å². The third-order valence-corrected chi connectivity index (χ3v) is 6.69. The highest BCUT2D eigenvalue weighted by atomic mass is 32.2. The van der Waals surface area contributed by atoms with Gasteiger partial charge in [-0.1, -0.05) is 29.4 Å². The second-order valence-electron chi connectivity index (χ2n) is 6.33. The summed E-state index contributed by atoms with van der Waals surface area (Å²) in [6.07, 6.45) is 0. The minimum Gasteiger partial charge on any atom is -0.360 e. The molecule has 0 bridgehead atoms. The third kappa shape index (κ3) is 5.37. The number of hydrogen-bond acceptors (Lipinski definition) is 6. The van der Waals surface area contributed by atoms with Crippen LogP contribution in [0.5, 0.6) is 0 Å². The van der Waals surface area contributed by atoms with Crippen molar-refractivity contribution < 1.29 is 21.4 Å². The standard InChI is InChI=1S/C16H23N3O5S2/c1-11(2)19-25(20,21)10-15-7-5-14(6-8-15)9-17-26(22,23)16-12(3)18-24-13(16)4/h5-8,11,17,19H,9-10H2,1-4H3. The van der Waals surface area contributed by atoms with E-state index in [4.69, 9.17) is 4.52 Å². The molecule has 0 aliphatic rings. The van der Waals surface area contributed by atoms with Crippen molar-refractivity contribution in [3.8, 4) is 0 Å². The number of hydrogen-bond donors (Lipinski definition) is 2. The van der Waals surface area contributed by atoms with Crippen LogP contribution in [-0.2, 0) is 32.3 Å². The molecule has 0 aliphatic carbocycles. The van der Waals surface area contributed by atoms with Crippen molar-refractivity contribution in [2.45, 2.75) is 50.9 Å². The molecule has 0 saturated carbocycles. The maximum absolute atomic E-state index is 12.4. The molecule has 10 heteroatoms. The lowest BCUT2D eigenvalue weighted by atomic mass is 10.1. The normalized spacial score (nSPS) is 12.7. The summed E-state index contributed by atoms with van der Waals surface area (Å²) in [6, 6.07) is 6.54. The zero-order valence-corrected chi connectivity index (χ0v) is 16.7. The summed E-state index contributed by atoms with van der Waals surface area (Å²) in [4.78, 5) is 0.0416. The van der Waals surface area contributed by atoms with Gasteiger partial charge in [-0.3, -0.25) is 0 Å². The van der Waals surface area contributed by atoms with E-state index >= 15 is 0 Å². The molecule has 0 amide bonds. The van der Waals surface area contributed by atoms with Crippen LogP contribution in [0.25, 0.3) is 0 Å². The first kappa shape index (κ1) is 20.6. The Labute approximate surface area is 154 Å². The van der Waals surface area contributed by atoms with Crippen LogP contribution in [-0.4, -0.2) is 28.0 Å². The molecule has 0 fully saturated rings. The summed E-state index contributed by atoms with van der Waals surface area (Å²) >= 11 is 0. The summed E-state index contributed by atoms with van der Waals surface area (Å²) in [7, 11) is -7.14. The first-order valence-corrected chi connectivity index (χ1v) is 11.1. The molecule has 26 heavy (non-hydrogen) atoms. The zero-order chi connectivity index (χ0) is 19.5. The summed E-state index contributed by atoms with van der Waals surface area (Å²) in [5.74, 6) is 0.101. The number of nitrogens with one attached hydrogen (secondary N) is 2. The van der Waals surface area contributed by atoms with Crippen LogP contribution in [0.15, 0.2) is 33.7 Å². The maximum atomic E-state index is 12.4. The topological polar surface area (TPSA) is 118 Å². The molecule has 0 atom stereocenters. The Hall–Kier alpha value is -1.75. The number of benzene rings is 1. The largest absolute Gasteiger partial charge is 0.360 e. The van der Waals surface area contributed by atoms with Crippen LogP contribution in [0.4, 0.5) is 0 Å². The van der Waals surface area contributed by atoms with Crippen molar-refractivity contribution in [3.63, 3.8) is 0 Å². The van der Waals surface area contributed by atoms with Crippen molar-refractivity contribution in [1.29, 1.82) is 0 Å². The first-order chi connectivity index (χ1) is 12.0. The van der Waals surface area contributed by atoms with Crippen LogP contribution in [0.1, 0.15) is 36.4 Å². The molecule has 2 rings (SSSR count). The van der Waals surface area contributed by atoms with Gasteiger partial charge in [-0.05, 0) is 38.8 Å². The predicted molar refractivity (Wildman–Crippen MR) is 97.3 cm³/mol. The van der Waals surface area contributed by atoms with Gasteiger partial charge in [0.15, 0.2) is 5.76 Å². The van der Waals surface area contributed by atoms with Crippen molar-refractivity contribution in [1.82, 2.24) is 14.6 Å². The molecule has 1 aromatic heterocycles. The van der Waals surface area contributed by atoms with Crippen LogP contribution >= 0.6 is 0 Å². The number of aromatic nitrogens is 1. The molecule has 0 saturated heterocycles. The van der Waals surface area contributed by atoms with Gasteiger partial charge >= 0.3 is 0 Å². The lowest BCUT2D eigenvalue weighted by Crippen LogP contribution is -2.31. The molecule has 0 aliphatic heterocycles. The number of rotatable bonds is 8. The smallest absolute Gasteiger partial charge is 0.246 e. The van der Waals surface area contributed by atoms with E-state index < -0.39 is 20.0 Å². The Balaban J connectivity index is 2.04. The summed E-state index contributed by atoms with van der Waals surface area (Å²) < 4.78 is 58.5. The van der Waals surface area contributed by atoms with Gasteiger partial charge in [-0.25, -0.2) is 26.3 Å². The average Bonchev–Trinajstić information content (AvgIpc) is 2.84. The molecule has 2 aromatic rings. The maximum Gasteiger partial charge on any atom is 0.246 e. The van der Waals surface area contributed by atoms with Gasteiger partial charge in [0.1, 0.15) is 10.6 Å². The van der Waals surface area contributed by atoms with Gasteiger partial charge in [0.05, 0.1) is 5.75 Å². The lowest BCUT2D eigenvalue weighted by molar-refractivity contribution is 0.390. The Kier molecular flexibility index (Phi) is 6.22. The Bertz CT molecular complexity index is 942. The van der Waals surface area contributed by atoms with Gasteiger partial charge in [0.2, 0.25) is 20.0 Å². The molecule has 0 radical (unpaired) electrons. The Morgan fingerprint density at radius 1 is 1.04 bits per heavy atom. The van der Waals surface area contributed by atoms with Gasteiger partial charge in [-0.15, -0.1) is 0 Å². The monoisotopic (exact) mass is 401 g/mol. The fourth-order valence-corrected chi connectivity index (χ4v) is 5.26. The molecular formula is C16H23N3O5S2. The SMILES string of the molecule is Cc1noc(C)c1S(=O)(=O)NCc1ccc(CS(=O)(=O)NC(C)C)cc1. The van der Waals surface area contributed by atoms with Crippen LogP contribution < -0.4 is 9.44 Å². The van der Waals surface area contributed by atoms with Crippen LogP contribution in [0.2, 0.25) is 0 Å². The highest BCUT2D eigenvalue weighted by Crippen LogP contribution is 2.19. The van der Waals surface area contributed by atoms with E-state index in [0.717, 1.165) is 0 Å². The number of aryl methyl sites for hydroxylation is 2. The summed E-state index contributed by atoms with van der Waals surface area (Å²) in [5.41, 5.74) is 1.63. The van der Waals surface area contributed by atoms with Crippen molar-refractivity contribution in [2.24, 2.45) is 0 Å². The number of sulfonamides is 2. The Morgan fingerprint density at radius 3 is 2.12 bits per heavy atom. The molecule has 1 aromatic carbocycles. The lowest BCUT2D eigenvalue weighted by Gasteiger charge is -2.10. The van der Waals surface area contributed by atoms with E-state index in [2.05, 4.69) is 14.6 Å². The average molecular weight is 402 g/mol. The van der Waals surface area contributed by atoms with Gasteiger partial charge in [0, 0.05) is 12.6 Å². The van der Waals surface area contributed by atoms with E-state index in [9.17, 15) is 16.8 Å². The van der Waals surface area contributed by atoms with E-state index in [1.54, 1.807) is 45.0 Å². The van der Waals surface area contributed by atoms with Crippen LogP contribution in [0, 0.1) is 13.8 Å². The molecule has 2 N–H and O–H groups in total. The van der Waals surface area contributed by atoms with E-state index in [0.29, 0.717) is 16.8 Å². The molecule has 1 heterocycles. The van der Waals surface area contributed by atoms with Crippen molar-refractivity contribution >= 4 is 20.0 Å². The second-order valence-corrected chi connectivity index (χ2v) is 9.78. The van der Waals surface area contributed by atoms with E-state index in [-0.39, 0.29) is 29.0 Å². The molecular weight excluding hydrogens is 378 g/mol. The van der Waals surface area contributed by atoms with Gasteiger partial charge in [-0.2, -0.15) is 0 Å². The van der Waals surface area contributed by atoms with Crippen molar-refractivity contribution in [3.05, 3.63) is 46.8 Å². The molecule has 8 nitrogen and oxygen atoms in total. The quantitative estimate of drug-likeness (QED) is 0.693. The van der Waals surface area contributed by atoms with Crippen LogP contribution in [0.3, 0.4) is 0 Å². The minimum atomic E-state index is -3.74. The Morgan fingerprint density at radius 2 is 1.62 bits per heavy atom. The minimum absolute atomic E-state index is 0.0416. The second kappa shape index (κ2) is 7.87. The third-order valence-electron chi connectivity index (χ3n) is 3.50. The summed E-state index contributed by atoms with van der Waals surface area (Å²) in [5, 5.41) is 3.65. The fourth-order valence-electron chi connectivity index (χ4n) is 2.48. The van der Waals surface area contributed by atoms with E-state index in [1.165, 1.54) is 6.92 Å². The zero-order valence-electron chi connectivity index (χ0n) is 15.1. The first-order valence-electron chi connectivity index (χ1n) is 8.00. The van der Waals surface area contributed by atoms with E-state index in [1.807, 2.05) is 0 Å².